The quantitative estimate of drug-likeness (QED) is 0.665. The third kappa shape index (κ3) is 1.68. The summed E-state index contributed by atoms with van der Waals surface area (Å²) in [7, 11) is 1.49. The number of nitrogens with one attached hydrogen (secondary N) is 1. The van der Waals surface area contributed by atoms with Gasteiger partial charge >= 0.3 is 5.97 Å². The maximum absolute atomic E-state index is 12.7. The molecule has 1 saturated heterocycles. The van der Waals surface area contributed by atoms with Gasteiger partial charge < -0.3 is 10.1 Å². The van der Waals surface area contributed by atoms with E-state index >= 15 is 0 Å². The van der Waals surface area contributed by atoms with E-state index in [1.54, 1.807) is 0 Å². The summed E-state index contributed by atoms with van der Waals surface area (Å²) in [6.07, 6.45) is 7.53. The molecule has 1 N–H and O–H groups in total. The average Bonchev–Trinajstić information content (AvgIpc) is 3.21. The molecule has 25 heavy (non-hydrogen) atoms. The molecule has 4 aliphatic rings. The number of methoxy groups -OCH3 is 1. The summed E-state index contributed by atoms with van der Waals surface area (Å²) >= 11 is 0. The van der Waals surface area contributed by atoms with Gasteiger partial charge in [0.25, 0.3) is 0 Å². The first kappa shape index (κ1) is 15.2. The molecule has 1 aromatic carbocycles. The second kappa shape index (κ2) is 4.98. The van der Waals surface area contributed by atoms with Crippen LogP contribution in [0, 0.1) is 5.41 Å². The van der Waals surface area contributed by atoms with Crippen molar-refractivity contribution in [2.45, 2.75) is 37.6 Å². The molecule has 0 saturated carbocycles. The number of carbonyl (C=O) groups excluding carboxylic acids is 1. The normalized spacial score (nSPS) is 35.0. The van der Waals surface area contributed by atoms with Gasteiger partial charge in [0.15, 0.2) is 0 Å². The first-order valence-corrected chi connectivity index (χ1v) is 9.26. The molecule has 3 atom stereocenters. The van der Waals surface area contributed by atoms with Crippen molar-refractivity contribution in [1.82, 2.24) is 4.90 Å². The Morgan fingerprint density at radius 3 is 3.04 bits per heavy atom. The summed E-state index contributed by atoms with van der Waals surface area (Å²) < 4.78 is 5.19. The molecule has 0 amide bonds. The number of anilines is 1. The van der Waals surface area contributed by atoms with Crippen LogP contribution in [0.3, 0.4) is 0 Å². The van der Waals surface area contributed by atoms with E-state index in [9.17, 15) is 4.79 Å². The minimum atomic E-state index is -0.182. The Balaban J connectivity index is 1.83. The molecule has 0 unspecified atom stereocenters. The molecule has 4 heteroatoms. The Labute approximate surface area is 148 Å². The fraction of sp³-hybridized carbons (Fsp3) is 0.476. The number of hydrogen-bond donors (Lipinski definition) is 1. The number of ether oxygens (including phenoxy) is 1. The van der Waals surface area contributed by atoms with Crippen molar-refractivity contribution >= 4 is 11.7 Å². The smallest absolute Gasteiger partial charge is 0.335 e. The Hall–Kier alpha value is -2.07. The molecule has 1 aromatic rings. The average molecular weight is 336 g/mol. The number of benzene rings is 1. The molecule has 3 heterocycles. The van der Waals surface area contributed by atoms with E-state index < -0.39 is 0 Å². The van der Waals surface area contributed by atoms with Gasteiger partial charge in [0.2, 0.25) is 0 Å². The third-order valence-corrected chi connectivity index (χ3v) is 6.97. The zero-order chi connectivity index (χ0) is 17.2. The van der Waals surface area contributed by atoms with E-state index in [0.29, 0.717) is 6.04 Å². The molecule has 0 radical (unpaired) electrons. The fourth-order valence-corrected chi connectivity index (χ4v) is 6.02. The summed E-state index contributed by atoms with van der Waals surface area (Å²) in [5.41, 5.74) is 4.34. The van der Waals surface area contributed by atoms with E-state index in [4.69, 9.17) is 4.74 Å². The number of esters is 1. The standard InChI is InChI=1S/C21H24N2O2/c1-3-20-9-6-11-23-12-10-21(19(20)23)15-7-4-5-8-16(15)22-17(21)14(13-20)18(24)25-2/h4-9,19,22H,3,10-13H2,1-2H3/t19-,20+,21-/m0/s1. The van der Waals surface area contributed by atoms with Crippen LogP contribution in [0.5, 0.6) is 0 Å². The van der Waals surface area contributed by atoms with Crippen LogP contribution in [0.1, 0.15) is 31.7 Å². The molecule has 1 aliphatic carbocycles. The van der Waals surface area contributed by atoms with E-state index in [1.165, 1.54) is 12.7 Å². The number of carbonyl (C=O) groups is 1. The van der Waals surface area contributed by atoms with Gasteiger partial charge in [-0.2, -0.15) is 0 Å². The predicted molar refractivity (Wildman–Crippen MR) is 97.2 cm³/mol. The van der Waals surface area contributed by atoms with Crippen LogP contribution < -0.4 is 5.32 Å². The summed E-state index contributed by atoms with van der Waals surface area (Å²) in [4.78, 5) is 15.3. The number of rotatable bonds is 2. The van der Waals surface area contributed by atoms with Gasteiger partial charge in [0.05, 0.1) is 18.1 Å². The minimum absolute atomic E-state index is 0.000898. The summed E-state index contributed by atoms with van der Waals surface area (Å²) in [5.74, 6) is -0.182. The van der Waals surface area contributed by atoms with Crippen LogP contribution in [0.25, 0.3) is 0 Å². The number of fused-ring (bicyclic) bond motifs is 1. The highest BCUT2D eigenvalue weighted by molar-refractivity contribution is 5.93. The lowest BCUT2D eigenvalue weighted by Gasteiger charge is -2.53. The highest BCUT2D eigenvalue weighted by Crippen LogP contribution is 2.64. The van der Waals surface area contributed by atoms with Crippen LogP contribution in [0.4, 0.5) is 5.69 Å². The Kier molecular flexibility index (Phi) is 3.03. The van der Waals surface area contributed by atoms with E-state index in [0.717, 1.165) is 49.3 Å². The van der Waals surface area contributed by atoms with Crippen LogP contribution in [-0.4, -0.2) is 37.1 Å². The van der Waals surface area contributed by atoms with Gasteiger partial charge in [-0.05, 0) is 30.9 Å². The maximum Gasteiger partial charge on any atom is 0.335 e. The lowest BCUT2D eigenvalue weighted by Crippen LogP contribution is -2.58. The zero-order valence-corrected chi connectivity index (χ0v) is 14.8. The van der Waals surface area contributed by atoms with E-state index in [2.05, 4.69) is 53.6 Å². The highest BCUT2D eigenvalue weighted by Gasteiger charge is 2.65. The van der Waals surface area contributed by atoms with Crippen molar-refractivity contribution in [3.63, 3.8) is 0 Å². The van der Waals surface area contributed by atoms with Crippen LogP contribution in [-0.2, 0) is 14.9 Å². The molecule has 1 fully saturated rings. The molecule has 0 bridgehead atoms. The third-order valence-electron chi connectivity index (χ3n) is 6.97. The Bertz CT molecular complexity index is 827. The van der Waals surface area contributed by atoms with Crippen molar-refractivity contribution in [2.75, 3.05) is 25.5 Å². The molecular formula is C21H24N2O2. The summed E-state index contributed by atoms with van der Waals surface area (Å²) in [5, 5.41) is 3.62. The molecule has 5 rings (SSSR count). The fourth-order valence-electron chi connectivity index (χ4n) is 6.02. The monoisotopic (exact) mass is 336 g/mol. The predicted octanol–water partition coefficient (Wildman–Crippen LogP) is 3.22. The van der Waals surface area contributed by atoms with Crippen LogP contribution in [0.2, 0.25) is 0 Å². The van der Waals surface area contributed by atoms with Gasteiger partial charge in [-0.15, -0.1) is 0 Å². The maximum atomic E-state index is 12.7. The Morgan fingerprint density at radius 1 is 1.40 bits per heavy atom. The number of para-hydroxylation sites is 1. The lowest BCUT2D eigenvalue weighted by atomic mass is 9.55. The minimum Gasteiger partial charge on any atom is -0.466 e. The van der Waals surface area contributed by atoms with Crippen molar-refractivity contribution in [3.8, 4) is 0 Å². The van der Waals surface area contributed by atoms with Crippen molar-refractivity contribution in [1.29, 1.82) is 0 Å². The van der Waals surface area contributed by atoms with Gasteiger partial charge in [0.1, 0.15) is 0 Å². The second-order valence-corrected chi connectivity index (χ2v) is 7.80. The molecule has 130 valence electrons. The molecule has 4 nitrogen and oxygen atoms in total. The molecular weight excluding hydrogens is 312 g/mol. The Morgan fingerprint density at radius 2 is 2.24 bits per heavy atom. The number of hydrogen-bond acceptors (Lipinski definition) is 4. The second-order valence-electron chi connectivity index (χ2n) is 7.80. The zero-order valence-electron chi connectivity index (χ0n) is 14.8. The lowest BCUT2D eigenvalue weighted by molar-refractivity contribution is -0.137. The number of nitrogens with zero attached hydrogens (tertiary/aromatic N) is 1. The van der Waals surface area contributed by atoms with Crippen molar-refractivity contribution in [3.05, 3.63) is 53.3 Å². The van der Waals surface area contributed by atoms with Crippen molar-refractivity contribution < 1.29 is 9.53 Å². The molecule has 0 aromatic heterocycles. The van der Waals surface area contributed by atoms with E-state index in [1.807, 2.05) is 0 Å². The van der Waals surface area contributed by atoms with Crippen LogP contribution in [0.15, 0.2) is 47.7 Å². The first-order chi connectivity index (χ1) is 12.2. The molecule has 3 aliphatic heterocycles. The van der Waals surface area contributed by atoms with Gasteiger partial charge in [-0.1, -0.05) is 37.3 Å². The van der Waals surface area contributed by atoms with Crippen molar-refractivity contribution in [2.24, 2.45) is 5.41 Å². The molecule has 1 spiro atoms. The van der Waals surface area contributed by atoms with Gasteiger partial charge in [-0.3, -0.25) is 4.90 Å². The van der Waals surface area contributed by atoms with E-state index in [-0.39, 0.29) is 16.8 Å². The van der Waals surface area contributed by atoms with Gasteiger partial charge in [-0.25, -0.2) is 4.79 Å². The largest absolute Gasteiger partial charge is 0.466 e. The summed E-state index contributed by atoms with van der Waals surface area (Å²) in [6.45, 7) is 4.34. The van der Waals surface area contributed by atoms with Crippen LogP contribution >= 0.6 is 0 Å². The summed E-state index contributed by atoms with van der Waals surface area (Å²) in [6, 6.07) is 8.99. The topological polar surface area (TPSA) is 41.6 Å². The highest BCUT2D eigenvalue weighted by atomic mass is 16.5. The SMILES string of the molecule is CC[C@@]12C=CCN3CC[C@]4(C(=C(C(=O)OC)C1)Nc1ccccc14)[C@@H]32. The van der Waals surface area contributed by atoms with Gasteiger partial charge in [0, 0.05) is 35.9 Å². The first-order valence-electron chi connectivity index (χ1n) is 9.26.